The monoisotopic (exact) mass is 248 g/mol. The average Bonchev–Trinajstić information content (AvgIpc) is 2.29. The van der Waals surface area contributed by atoms with Crippen LogP contribution in [-0.4, -0.2) is 25.0 Å². The van der Waals surface area contributed by atoms with Gasteiger partial charge in [0.15, 0.2) is 0 Å². The molecule has 1 rings (SSSR count). The fourth-order valence-corrected chi connectivity index (χ4v) is 2.32. The van der Waals surface area contributed by atoms with Crippen molar-refractivity contribution in [2.24, 2.45) is 11.1 Å². The number of nitrogens with zero attached hydrogens (tertiary/aromatic N) is 1. The van der Waals surface area contributed by atoms with Crippen LogP contribution in [0.2, 0.25) is 0 Å². The van der Waals surface area contributed by atoms with Crippen LogP contribution in [0.4, 0.5) is 0 Å². The van der Waals surface area contributed by atoms with Gasteiger partial charge < -0.3 is 10.6 Å². The fraction of sp³-hybridized carbons (Fsp3) is 0.625. The first-order valence-electron chi connectivity index (χ1n) is 6.96. The quantitative estimate of drug-likeness (QED) is 0.765. The minimum atomic E-state index is 0.391. The maximum atomic E-state index is 5.64. The molecule has 2 N–H and O–H groups in total. The molecule has 0 saturated carbocycles. The summed E-state index contributed by atoms with van der Waals surface area (Å²) in [6.45, 7) is 7.63. The Balaban J connectivity index is 2.23. The van der Waals surface area contributed by atoms with E-state index in [1.54, 1.807) is 0 Å². The molecule has 0 atom stereocenters. The molecule has 1 aromatic rings. The molecule has 0 radical (unpaired) electrons. The molecule has 102 valence electrons. The first-order chi connectivity index (χ1) is 8.53. The summed E-state index contributed by atoms with van der Waals surface area (Å²) >= 11 is 0. The fourth-order valence-electron chi connectivity index (χ4n) is 2.32. The molecule has 0 saturated heterocycles. The molecule has 2 heteroatoms. The average molecular weight is 248 g/mol. The van der Waals surface area contributed by atoms with Crippen LogP contribution in [0.25, 0.3) is 0 Å². The van der Waals surface area contributed by atoms with Crippen LogP contribution < -0.4 is 5.73 Å². The highest BCUT2D eigenvalue weighted by atomic mass is 15.1. The summed E-state index contributed by atoms with van der Waals surface area (Å²) in [6, 6.07) is 10.7. The zero-order valence-electron chi connectivity index (χ0n) is 12.2. The van der Waals surface area contributed by atoms with E-state index in [4.69, 9.17) is 5.73 Å². The summed E-state index contributed by atoms with van der Waals surface area (Å²) in [5.74, 6) is 0. The predicted octanol–water partition coefficient (Wildman–Crippen LogP) is 3.27. The van der Waals surface area contributed by atoms with E-state index in [1.165, 1.54) is 18.4 Å². The highest BCUT2D eigenvalue weighted by Crippen LogP contribution is 2.25. The third kappa shape index (κ3) is 6.18. The van der Waals surface area contributed by atoms with Crippen LogP contribution in [0.3, 0.4) is 0 Å². The molecule has 1 aromatic carbocycles. The van der Waals surface area contributed by atoms with Crippen molar-refractivity contribution in [2.45, 2.75) is 39.7 Å². The van der Waals surface area contributed by atoms with Crippen molar-refractivity contribution in [1.29, 1.82) is 0 Å². The largest absolute Gasteiger partial charge is 0.330 e. The molecule has 2 nitrogen and oxygen atoms in total. The number of rotatable bonds is 8. The molecule has 0 bridgehead atoms. The van der Waals surface area contributed by atoms with Crippen LogP contribution in [-0.2, 0) is 6.54 Å². The van der Waals surface area contributed by atoms with Gasteiger partial charge in [0.1, 0.15) is 0 Å². The van der Waals surface area contributed by atoms with Crippen LogP contribution in [0.15, 0.2) is 30.3 Å². The second-order valence-electron chi connectivity index (χ2n) is 6.03. The van der Waals surface area contributed by atoms with Crippen LogP contribution in [0.5, 0.6) is 0 Å². The number of hydrogen-bond donors (Lipinski definition) is 1. The summed E-state index contributed by atoms with van der Waals surface area (Å²) in [6.07, 6.45) is 3.62. The Labute approximate surface area is 112 Å². The van der Waals surface area contributed by atoms with Crippen molar-refractivity contribution >= 4 is 0 Å². The van der Waals surface area contributed by atoms with Gasteiger partial charge in [-0.25, -0.2) is 0 Å². The Hall–Kier alpha value is -0.860. The zero-order chi connectivity index (χ0) is 13.4. The summed E-state index contributed by atoms with van der Waals surface area (Å²) in [5, 5.41) is 0. The van der Waals surface area contributed by atoms with Gasteiger partial charge in [-0.1, -0.05) is 44.2 Å². The van der Waals surface area contributed by atoms with Crippen molar-refractivity contribution in [3.8, 4) is 0 Å². The lowest BCUT2D eigenvalue weighted by Crippen LogP contribution is -2.22. The molecule has 0 aliphatic rings. The van der Waals surface area contributed by atoms with Gasteiger partial charge in [0.25, 0.3) is 0 Å². The van der Waals surface area contributed by atoms with Gasteiger partial charge in [-0.3, -0.25) is 0 Å². The topological polar surface area (TPSA) is 29.3 Å². The normalized spacial score (nSPS) is 12.1. The smallest absolute Gasteiger partial charge is 0.0230 e. The van der Waals surface area contributed by atoms with Crippen molar-refractivity contribution in [2.75, 3.05) is 20.1 Å². The maximum absolute atomic E-state index is 5.64. The predicted molar refractivity (Wildman–Crippen MR) is 79.5 cm³/mol. The van der Waals surface area contributed by atoms with Gasteiger partial charge in [-0.15, -0.1) is 0 Å². The first-order valence-corrected chi connectivity index (χ1v) is 6.96. The molecule has 0 spiro atoms. The lowest BCUT2D eigenvalue weighted by molar-refractivity contribution is 0.259. The van der Waals surface area contributed by atoms with Crippen molar-refractivity contribution < 1.29 is 0 Å². The van der Waals surface area contributed by atoms with Gasteiger partial charge >= 0.3 is 0 Å². The summed E-state index contributed by atoms with van der Waals surface area (Å²) in [4.78, 5) is 2.40. The molecule has 18 heavy (non-hydrogen) atoms. The number of benzene rings is 1. The van der Waals surface area contributed by atoms with Crippen LogP contribution in [0, 0.1) is 5.41 Å². The van der Waals surface area contributed by atoms with Gasteiger partial charge in [0.05, 0.1) is 0 Å². The minimum Gasteiger partial charge on any atom is -0.330 e. The van der Waals surface area contributed by atoms with Gasteiger partial charge in [-0.05, 0) is 50.4 Å². The summed E-state index contributed by atoms with van der Waals surface area (Å²) < 4.78 is 0. The second-order valence-corrected chi connectivity index (χ2v) is 6.03. The Morgan fingerprint density at radius 2 is 1.78 bits per heavy atom. The SMILES string of the molecule is CN(CCCC(C)(C)CCN)Cc1ccccc1. The van der Waals surface area contributed by atoms with E-state index in [0.29, 0.717) is 5.41 Å². The number of nitrogens with two attached hydrogens (primary N) is 1. The highest BCUT2D eigenvalue weighted by molar-refractivity contribution is 5.14. The molecule has 0 aliphatic heterocycles. The molecule has 0 amide bonds. The molecule has 0 heterocycles. The molecule has 0 unspecified atom stereocenters. The van der Waals surface area contributed by atoms with E-state index in [2.05, 4.69) is 56.1 Å². The van der Waals surface area contributed by atoms with E-state index in [0.717, 1.165) is 26.1 Å². The van der Waals surface area contributed by atoms with E-state index in [1.807, 2.05) is 0 Å². The lowest BCUT2D eigenvalue weighted by Gasteiger charge is -2.25. The van der Waals surface area contributed by atoms with Gasteiger partial charge in [0, 0.05) is 6.54 Å². The highest BCUT2D eigenvalue weighted by Gasteiger charge is 2.16. The Bertz CT molecular complexity index is 319. The molecule has 0 aliphatic carbocycles. The Morgan fingerprint density at radius 1 is 1.11 bits per heavy atom. The van der Waals surface area contributed by atoms with Crippen molar-refractivity contribution in [3.05, 3.63) is 35.9 Å². The lowest BCUT2D eigenvalue weighted by atomic mass is 9.84. The van der Waals surface area contributed by atoms with E-state index in [-0.39, 0.29) is 0 Å². The van der Waals surface area contributed by atoms with Crippen LogP contribution in [0.1, 0.15) is 38.7 Å². The third-order valence-electron chi connectivity index (χ3n) is 3.51. The van der Waals surface area contributed by atoms with Crippen LogP contribution >= 0.6 is 0 Å². The van der Waals surface area contributed by atoms with Gasteiger partial charge in [0.2, 0.25) is 0 Å². The second kappa shape index (κ2) is 7.55. The third-order valence-corrected chi connectivity index (χ3v) is 3.51. The minimum absolute atomic E-state index is 0.391. The molecule has 0 fully saturated rings. The summed E-state index contributed by atoms with van der Waals surface area (Å²) in [7, 11) is 2.20. The van der Waals surface area contributed by atoms with E-state index < -0.39 is 0 Å². The zero-order valence-corrected chi connectivity index (χ0v) is 12.2. The maximum Gasteiger partial charge on any atom is 0.0230 e. The van der Waals surface area contributed by atoms with E-state index in [9.17, 15) is 0 Å². The molecular weight excluding hydrogens is 220 g/mol. The number of hydrogen-bond acceptors (Lipinski definition) is 2. The molecule has 0 aromatic heterocycles. The first kappa shape index (κ1) is 15.2. The van der Waals surface area contributed by atoms with Crippen molar-refractivity contribution in [1.82, 2.24) is 4.90 Å². The standard InChI is InChI=1S/C16H28N2/c1-16(2,11-12-17)10-7-13-18(3)14-15-8-5-4-6-9-15/h4-6,8-9H,7,10-14,17H2,1-3H3. The molecular formula is C16H28N2. The Morgan fingerprint density at radius 3 is 2.39 bits per heavy atom. The summed E-state index contributed by atoms with van der Waals surface area (Å²) in [5.41, 5.74) is 7.42. The van der Waals surface area contributed by atoms with E-state index >= 15 is 0 Å². The van der Waals surface area contributed by atoms with Crippen molar-refractivity contribution in [3.63, 3.8) is 0 Å². The Kier molecular flexibility index (Phi) is 6.37. The van der Waals surface area contributed by atoms with Gasteiger partial charge in [-0.2, -0.15) is 0 Å².